The molecule has 0 amide bonds. The monoisotopic (exact) mass is 207 g/mol. The Hall–Kier alpha value is -1.02. The molecule has 0 spiro atoms. The molecule has 0 aliphatic rings. The van der Waals surface area contributed by atoms with Gasteiger partial charge in [-0.15, -0.1) is 0 Å². The zero-order valence-corrected chi connectivity index (χ0v) is 9.92. The van der Waals surface area contributed by atoms with Gasteiger partial charge in [-0.05, 0) is 45.7 Å². The van der Waals surface area contributed by atoms with E-state index in [1.165, 1.54) is 12.0 Å². The second-order valence-electron chi connectivity index (χ2n) is 4.22. The van der Waals surface area contributed by atoms with Gasteiger partial charge in [0.25, 0.3) is 0 Å². The first-order chi connectivity index (χ1) is 7.18. The molecule has 2 heteroatoms. The molecule has 0 aliphatic heterocycles. The molecule has 0 aromatic carbocycles. The summed E-state index contributed by atoms with van der Waals surface area (Å²) in [5, 5.41) is 3.44. The lowest BCUT2D eigenvalue weighted by Gasteiger charge is -2.11. The fourth-order valence-electron chi connectivity index (χ4n) is 1.41. The predicted molar refractivity (Wildman–Crippen MR) is 63.7 cm³/mol. The van der Waals surface area contributed by atoms with E-state index < -0.39 is 0 Å². The summed E-state index contributed by atoms with van der Waals surface area (Å²) < 4.78 is 5.25. The van der Waals surface area contributed by atoms with E-state index in [1.54, 1.807) is 6.26 Å². The van der Waals surface area contributed by atoms with Crippen molar-refractivity contribution >= 4 is 0 Å². The van der Waals surface area contributed by atoms with Crippen LogP contribution in [-0.2, 0) is 6.54 Å². The van der Waals surface area contributed by atoms with Crippen molar-refractivity contribution in [2.45, 2.75) is 46.2 Å². The molecule has 0 saturated carbocycles. The quantitative estimate of drug-likeness (QED) is 0.722. The SMILES string of the molecule is CC(C)=CCC[C@H](C)NCc1ccco1. The second kappa shape index (κ2) is 6.46. The molecule has 1 aromatic heterocycles. The minimum atomic E-state index is 0.533. The summed E-state index contributed by atoms with van der Waals surface area (Å²) in [7, 11) is 0. The van der Waals surface area contributed by atoms with E-state index in [-0.39, 0.29) is 0 Å². The van der Waals surface area contributed by atoms with Gasteiger partial charge in [-0.2, -0.15) is 0 Å². The van der Waals surface area contributed by atoms with Crippen LogP contribution >= 0.6 is 0 Å². The summed E-state index contributed by atoms with van der Waals surface area (Å²) in [4.78, 5) is 0. The molecule has 1 rings (SSSR count). The van der Waals surface area contributed by atoms with Gasteiger partial charge in [-0.1, -0.05) is 11.6 Å². The van der Waals surface area contributed by atoms with E-state index in [4.69, 9.17) is 4.42 Å². The highest BCUT2D eigenvalue weighted by Gasteiger charge is 2.01. The number of rotatable bonds is 6. The summed E-state index contributed by atoms with van der Waals surface area (Å²) >= 11 is 0. The van der Waals surface area contributed by atoms with E-state index >= 15 is 0 Å². The van der Waals surface area contributed by atoms with Crippen molar-refractivity contribution in [3.8, 4) is 0 Å². The second-order valence-corrected chi connectivity index (χ2v) is 4.22. The highest BCUT2D eigenvalue weighted by molar-refractivity contribution is 4.98. The topological polar surface area (TPSA) is 25.2 Å². The Bertz CT molecular complexity index is 283. The number of hydrogen-bond acceptors (Lipinski definition) is 2. The Morgan fingerprint density at radius 1 is 1.53 bits per heavy atom. The molecule has 1 N–H and O–H groups in total. The molecule has 0 radical (unpaired) electrons. The van der Waals surface area contributed by atoms with Gasteiger partial charge in [0.05, 0.1) is 12.8 Å². The molecule has 0 fully saturated rings. The Morgan fingerprint density at radius 2 is 2.33 bits per heavy atom. The van der Waals surface area contributed by atoms with Crippen LogP contribution in [0.3, 0.4) is 0 Å². The normalized spacial score (nSPS) is 12.5. The number of allylic oxidation sites excluding steroid dienone is 2. The van der Waals surface area contributed by atoms with Crippen LogP contribution in [0.2, 0.25) is 0 Å². The van der Waals surface area contributed by atoms with Gasteiger partial charge in [-0.25, -0.2) is 0 Å². The zero-order chi connectivity index (χ0) is 11.1. The van der Waals surface area contributed by atoms with Crippen LogP contribution in [0.5, 0.6) is 0 Å². The Labute approximate surface area is 92.4 Å². The number of nitrogens with one attached hydrogen (secondary N) is 1. The molecule has 15 heavy (non-hydrogen) atoms. The van der Waals surface area contributed by atoms with E-state index in [0.29, 0.717) is 6.04 Å². The summed E-state index contributed by atoms with van der Waals surface area (Å²) in [6.07, 6.45) is 6.32. The zero-order valence-electron chi connectivity index (χ0n) is 9.92. The van der Waals surface area contributed by atoms with E-state index in [1.807, 2.05) is 12.1 Å². The standard InChI is InChI=1S/C13H21NO/c1-11(2)6-4-7-12(3)14-10-13-8-5-9-15-13/h5-6,8-9,12,14H,4,7,10H2,1-3H3/t12-/m0/s1. The van der Waals surface area contributed by atoms with E-state index in [0.717, 1.165) is 18.7 Å². The summed E-state index contributed by atoms with van der Waals surface area (Å²) in [5.74, 6) is 1.00. The van der Waals surface area contributed by atoms with Crippen LogP contribution < -0.4 is 5.32 Å². The first kappa shape index (κ1) is 12.1. The smallest absolute Gasteiger partial charge is 0.117 e. The molecular formula is C13H21NO. The Morgan fingerprint density at radius 3 is 2.93 bits per heavy atom. The van der Waals surface area contributed by atoms with Crippen molar-refractivity contribution in [3.63, 3.8) is 0 Å². The lowest BCUT2D eigenvalue weighted by atomic mass is 10.1. The van der Waals surface area contributed by atoms with Crippen molar-refractivity contribution in [2.24, 2.45) is 0 Å². The fraction of sp³-hybridized carbons (Fsp3) is 0.538. The number of furan rings is 1. The van der Waals surface area contributed by atoms with Crippen molar-refractivity contribution in [3.05, 3.63) is 35.8 Å². The molecule has 1 heterocycles. The molecular weight excluding hydrogens is 186 g/mol. The molecule has 0 aliphatic carbocycles. The Balaban J connectivity index is 2.14. The minimum Gasteiger partial charge on any atom is -0.468 e. The van der Waals surface area contributed by atoms with E-state index in [2.05, 4.69) is 32.2 Å². The summed E-state index contributed by atoms with van der Waals surface area (Å²) in [5.41, 5.74) is 1.40. The molecule has 84 valence electrons. The third kappa shape index (κ3) is 5.43. The van der Waals surface area contributed by atoms with Gasteiger partial charge in [-0.3, -0.25) is 0 Å². The third-order valence-corrected chi connectivity index (χ3v) is 2.36. The number of hydrogen-bond donors (Lipinski definition) is 1. The van der Waals surface area contributed by atoms with Crippen LogP contribution in [0.1, 0.15) is 39.4 Å². The molecule has 0 saturated heterocycles. The molecule has 0 unspecified atom stereocenters. The van der Waals surface area contributed by atoms with Crippen molar-refractivity contribution < 1.29 is 4.42 Å². The first-order valence-corrected chi connectivity index (χ1v) is 5.57. The van der Waals surface area contributed by atoms with Crippen LogP contribution in [0.15, 0.2) is 34.5 Å². The van der Waals surface area contributed by atoms with E-state index in [9.17, 15) is 0 Å². The maximum atomic E-state index is 5.25. The molecule has 0 bridgehead atoms. The predicted octanol–water partition coefficient (Wildman–Crippen LogP) is 3.50. The minimum absolute atomic E-state index is 0.533. The molecule has 2 nitrogen and oxygen atoms in total. The maximum absolute atomic E-state index is 5.25. The largest absolute Gasteiger partial charge is 0.468 e. The lowest BCUT2D eigenvalue weighted by Crippen LogP contribution is -2.24. The fourth-order valence-corrected chi connectivity index (χ4v) is 1.41. The highest BCUT2D eigenvalue weighted by Crippen LogP contribution is 2.04. The van der Waals surface area contributed by atoms with Gasteiger partial charge in [0.15, 0.2) is 0 Å². The lowest BCUT2D eigenvalue weighted by molar-refractivity contribution is 0.445. The van der Waals surface area contributed by atoms with Crippen LogP contribution in [0.4, 0.5) is 0 Å². The molecule has 1 aromatic rings. The van der Waals surface area contributed by atoms with Gasteiger partial charge in [0.2, 0.25) is 0 Å². The van der Waals surface area contributed by atoms with Crippen molar-refractivity contribution in [1.29, 1.82) is 0 Å². The molecule has 1 atom stereocenters. The van der Waals surface area contributed by atoms with Gasteiger partial charge in [0, 0.05) is 6.04 Å². The van der Waals surface area contributed by atoms with Crippen LogP contribution in [0, 0.1) is 0 Å². The van der Waals surface area contributed by atoms with Crippen molar-refractivity contribution in [2.75, 3.05) is 0 Å². The average molecular weight is 207 g/mol. The average Bonchev–Trinajstić information content (AvgIpc) is 2.66. The van der Waals surface area contributed by atoms with Crippen LogP contribution in [-0.4, -0.2) is 6.04 Å². The maximum Gasteiger partial charge on any atom is 0.117 e. The summed E-state index contributed by atoms with van der Waals surface area (Å²) in [6.45, 7) is 7.31. The first-order valence-electron chi connectivity index (χ1n) is 5.57. The van der Waals surface area contributed by atoms with Gasteiger partial charge in [0.1, 0.15) is 5.76 Å². The van der Waals surface area contributed by atoms with Gasteiger partial charge >= 0.3 is 0 Å². The highest BCUT2D eigenvalue weighted by atomic mass is 16.3. The van der Waals surface area contributed by atoms with Crippen molar-refractivity contribution in [1.82, 2.24) is 5.32 Å². The van der Waals surface area contributed by atoms with Crippen LogP contribution in [0.25, 0.3) is 0 Å². The summed E-state index contributed by atoms with van der Waals surface area (Å²) in [6, 6.07) is 4.45. The Kier molecular flexibility index (Phi) is 5.19. The van der Waals surface area contributed by atoms with Gasteiger partial charge < -0.3 is 9.73 Å². The third-order valence-electron chi connectivity index (χ3n) is 2.36.